The van der Waals surface area contributed by atoms with Crippen LogP contribution in [0, 0.1) is 0 Å². The minimum atomic E-state index is -0.382. The minimum Gasteiger partial charge on any atom is -0.454 e. The van der Waals surface area contributed by atoms with Crippen LogP contribution >= 0.6 is 11.8 Å². The number of rotatable bonds is 7. The number of amides is 2. The molecule has 4 rings (SSSR count). The molecule has 2 amide bonds. The summed E-state index contributed by atoms with van der Waals surface area (Å²) < 4.78 is 12.6. The first-order valence-corrected chi connectivity index (χ1v) is 11.5. The number of hydrogen-bond donors (Lipinski definition) is 1. The lowest BCUT2D eigenvalue weighted by atomic mass is 10.2. The zero-order valence-corrected chi connectivity index (χ0v) is 18.6. The summed E-state index contributed by atoms with van der Waals surface area (Å²) in [6.07, 6.45) is 3.65. The van der Waals surface area contributed by atoms with Crippen LogP contribution in [-0.2, 0) is 22.7 Å². The lowest BCUT2D eigenvalue weighted by molar-refractivity contribution is -0.131. The number of hydrogen-bond acceptors (Lipinski definition) is 7. The van der Waals surface area contributed by atoms with Gasteiger partial charge in [0.25, 0.3) is 0 Å². The van der Waals surface area contributed by atoms with Crippen molar-refractivity contribution in [1.82, 2.24) is 19.7 Å². The van der Waals surface area contributed by atoms with E-state index < -0.39 is 0 Å². The molecule has 1 aromatic carbocycles. The maximum absolute atomic E-state index is 12.7. The van der Waals surface area contributed by atoms with Crippen molar-refractivity contribution in [2.45, 2.75) is 63.0 Å². The predicted octanol–water partition coefficient (Wildman–Crippen LogP) is 3.05. The molecule has 10 heteroatoms. The van der Waals surface area contributed by atoms with Crippen LogP contribution in [0.25, 0.3) is 0 Å². The molecular weight excluding hydrogens is 418 g/mol. The van der Waals surface area contributed by atoms with Crippen molar-refractivity contribution in [3.8, 4) is 11.5 Å². The number of likely N-dealkylation sites (tertiary alicyclic amines) is 1. The molecular formula is C21H27N5O4S. The fourth-order valence-electron chi connectivity index (χ4n) is 3.65. The number of nitrogens with zero attached hydrogens (tertiary/aromatic N) is 4. The summed E-state index contributed by atoms with van der Waals surface area (Å²) in [4.78, 5) is 26.9. The molecule has 3 heterocycles. The molecule has 0 bridgehead atoms. The molecule has 0 spiro atoms. The van der Waals surface area contributed by atoms with Gasteiger partial charge in [-0.2, -0.15) is 0 Å². The highest BCUT2D eigenvalue weighted by atomic mass is 32.2. The van der Waals surface area contributed by atoms with E-state index in [1.165, 1.54) is 11.8 Å². The van der Waals surface area contributed by atoms with Crippen molar-refractivity contribution in [2.75, 3.05) is 18.7 Å². The Balaban J connectivity index is 1.40. The van der Waals surface area contributed by atoms with E-state index in [1.807, 2.05) is 23.3 Å². The maximum Gasteiger partial charge on any atom is 0.237 e. The van der Waals surface area contributed by atoms with E-state index in [0.717, 1.165) is 31.6 Å². The van der Waals surface area contributed by atoms with Gasteiger partial charge in [0.2, 0.25) is 18.6 Å². The van der Waals surface area contributed by atoms with Gasteiger partial charge in [-0.1, -0.05) is 18.2 Å². The van der Waals surface area contributed by atoms with Gasteiger partial charge in [-0.25, -0.2) is 0 Å². The summed E-state index contributed by atoms with van der Waals surface area (Å²) in [5.41, 5.74) is 0.652. The molecule has 1 saturated heterocycles. The number of ether oxygens (including phenoxy) is 2. The molecule has 31 heavy (non-hydrogen) atoms. The zero-order valence-electron chi connectivity index (χ0n) is 17.8. The van der Waals surface area contributed by atoms with Crippen molar-refractivity contribution < 1.29 is 19.1 Å². The Bertz CT molecular complexity index is 963. The highest BCUT2D eigenvalue weighted by Crippen LogP contribution is 2.34. The second-order valence-corrected chi connectivity index (χ2v) is 8.89. The maximum atomic E-state index is 12.7. The smallest absolute Gasteiger partial charge is 0.237 e. The van der Waals surface area contributed by atoms with E-state index in [9.17, 15) is 9.59 Å². The molecule has 2 aliphatic rings. The fourth-order valence-corrected chi connectivity index (χ4v) is 4.58. The minimum absolute atomic E-state index is 0.140. The molecule has 0 unspecified atom stereocenters. The third kappa shape index (κ3) is 4.95. The van der Waals surface area contributed by atoms with Crippen LogP contribution in [-0.4, -0.2) is 50.1 Å². The van der Waals surface area contributed by atoms with Crippen molar-refractivity contribution in [3.05, 3.63) is 24.0 Å². The van der Waals surface area contributed by atoms with Gasteiger partial charge in [0, 0.05) is 31.3 Å². The summed E-state index contributed by atoms with van der Waals surface area (Å²) >= 11 is 1.35. The topological polar surface area (TPSA) is 98.6 Å². The number of thioether (sulfide) groups is 1. The second kappa shape index (κ2) is 9.59. The van der Waals surface area contributed by atoms with Crippen molar-refractivity contribution >= 4 is 29.3 Å². The van der Waals surface area contributed by atoms with Gasteiger partial charge in [-0.05, 0) is 38.8 Å². The first-order chi connectivity index (χ1) is 15.0. The Hall–Kier alpha value is -2.75. The average Bonchev–Trinajstić information content (AvgIpc) is 3.32. The van der Waals surface area contributed by atoms with Crippen LogP contribution < -0.4 is 14.8 Å². The van der Waals surface area contributed by atoms with E-state index in [4.69, 9.17) is 9.47 Å². The van der Waals surface area contributed by atoms with E-state index in [0.29, 0.717) is 41.9 Å². The molecule has 166 valence electrons. The van der Waals surface area contributed by atoms with Gasteiger partial charge >= 0.3 is 0 Å². The van der Waals surface area contributed by atoms with E-state index in [-0.39, 0.29) is 23.9 Å². The van der Waals surface area contributed by atoms with Gasteiger partial charge in [0.1, 0.15) is 0 Å². The number of carbonyl (C=O) groups excluding carboxylic acids is 2. The first kappa shape index (κ1) is 21.5. The zero-order chi connectivity index (χ0) is 21.8. The van der Waals surface area contributed by atoms with Gasteiger partial charge in [0.05, 0.1) is 11.8 Å². The van der Waals surface area contributed by atoms with E-state index in [1.54, 1.807) is 18.2 Å². The molecule has 2 aromatic rings. The van der Waals surface area contributed by atoms with Crippen LogP contribution in [0.15, 0.2) is 23.4 Å². The third-order valence-electron chi connectivity index (χ3n) is 5.40. The summed E-state index contributed by atoms with van der Waals surface area (Å²) in [5, 5.41) is 11.8. The van der Waals surface area contributed by atoms with Crippen molar-refractivity contribution in [3.63, 3.8) is 0 Å². The third-order valence-corrected chi connectivity index (χ3v) is 6.49. The monoisotopic (exact) mass is 445 g/mol. The van der Waals surface area contributed by atoms with Crippen LogP contribution in [0.1, 0.15) is 45.4 Å². The second-order valence-electron chi connectivity index (χ2n) is 7.59. The highest BCUT2D eigenvalue weighted by molar-refractivity contribution is 8.00. The number of carbonyl (C=O) groups is 2. The Morgan fingerprint density at radius 1 is 1.23 bits per heavy atom. The number of fused-ring (bicyclic) bond motifs is 1. The average molecular weight is 446 g/mol. The lowest BCUT2D eigenvalue weighted by Gasteiger charge is -2.20. The molecule has 1 fully saturated rings. The van der Waals surface area contributed by atoms with Gasteiger partial charge < -0.3 is 24.3 Å². The van der Waals surface area contributed by atoms with Crippen LogP contribution in [0.4, 0.5) is 5.69 Å². The highest BCUT2D eigenvalue weighted by Gasteiger charge is 2.23. The van der Waals surface area contributed by atoms with Crippen molar-refractivity contribution in [2.24, 2.45) is 0 Å². The molecule has 0 saturated carbocycles. The number of benzene rings is 1. The number of nitrogens with one attached hydrogen (secondary N) is 1. The number of aromatic nitrogens is 3. The Labute approximate surface area is 185 Å². The van der Waals surface area contributed by atoms with Gasteiger partial charge in [-0.15, -0.1) is 10.2 Å². The van der Waals surface area contributed by atoms with Crippen LogP contribution in [0.2, 0.25) is 0 Å². The SMILES string of the molecule is CCn1c(CN2CCCCCC2=O)nnc1S[C@@H](C)C(=O)Nc1ccc2c(c1)OCO2. The fraction of sp³-hybridized carbons (Fsp3) is 0.524. The van der Waals surface area contributed by atoms with Crippen LogP contribution in [0.5, 0.6) is 11.5 Å². The Morgan fingerprint density at radius 2 is 2.06 bits per heavy atom. The molecule has 2 aliphatic heterocycles. The van der Waals surface area contributed by atoms with Gasteiger partial charge in [0.15, 0.2) is 22.5 Å². The summed E-state index contributed by atoms with van der Waals surface area (Å²) in [6.45, 7) is 5.92. The molecule has 9 nitrogen and oxygen atoms in total. The number of anilines is 1. The molecule has 1 aromatic heterocycles. The predicted molar refractivity (Wildman–Crippen MR) is 116 cm³/mol. The Morgan fingerprint density at radius 3 is 2.90 bits per heavy atom. The van der Waals surface area contributed by atoms with E-state index in [2.05, 4.69) is 15.5 Å². The largest absolute Gasteiger partial charge is 0.454 e. The molecule has 0 aliphatic carbocycles. The Kier molecular flexibility index (Phi) is 6.64. The first-order valence-electron chi connectivity index (χ1n) is 10.6. The van der Waals surface area contributed by atoms with E-state index >= 15 is 0 Å². The van der Waals surface area contributed by atoms with Crippen molar-refractivity contribution in [1.29, 1.82) is 0 Å². The quantitative estimate of drug-likeness (QED) is 0.654. The lowest BCUT2D eigenvalue weighted by Crippen LogP contribution is -2.31. The van der Waals surface area contributed by atoms with Crippen LogP contribution in [0.3, 0.4) is 0 Å². The molecule has 1 atom stereocenters. The molecule has 0 radical (unpaired) electrons. The summed E-state index contributed by atoms with van der Waals surface area (Å²) in [7, 11) is 0. The summed E-state index contributed by atoms with van der Waals surface area (Å²) in [5.74, 6) is 2.08. The van der Waals surface area contributed by atoms with Gasteiger partial charge in [-0.3, -0.25) is 9.59 Å². The standard InChI is InChI=1S/C21H27N5O4S/c1-3-26-18(12-25-10-6-4-5-7-19(25)27)23-24-21(26)31-14(2)20(28)22-15-8-9-16-17(11-15)30-13-29-16/h8-9,11,14H,3-7,10,12-13H2,1-2H3,(H,22,28)/t14-/m0/s1. The normalized spacial score (nSPS) is 16.8. The summed E-state index contributed by atoms with van der Waals surface area (Å²) in [6, 6.07) is 5.32. The molecule has 1 N–H and O–H groups in total.